The normalized spacial score (nSPS) is 25.8. The minimum atomic E-state index is -0.145. The molecule has 1 aromatic rings. The molecule has 82 valence electrons. The molecule has 2 rings (SSSR count). The highest BCUT2D eigenvalue weighted by Gasteiger charge is 2.25. The predicted molar refractivity (Wildman–Crippen MR) is 61.8 cm³/mol. The highest BCUT2D eigenvalue weighted by molar-refractivity contribution is 9.09. The summed E-state index contributed by atoms with van der Waals surface area (Å²) in [6.07, 6.45) is 2.56. The Morgan fingerprint density at radius 1 is 1.47 bits per heavy atom. The van der Waals surface area contributed by atoms with Crippen LogP contribution in [0.15, 0.2) is 18.2 Å². The first-order chi connectivity index (χ1) is 7.20. The van der Waals surface area contributed by atoms with Gasteiger partial charge in [0.2, 0.25) is 0 Å². The molecule has 0 saturated carbocycles. The lowest BCUT2D eigenvalue weighted by Crippen LogP contribution is -2.07. The number of rotatable bonds is 2. The van der Waals surface area contributed by atoms with E-state index in [0.29, 0.717) is 11.7 Å². The third-order valence-corrected chi connectivity index (χ3v) is 3.56. The van der Waals surface area contributed by atoms with Crippen LogP contribution in [0.5, 0.6) is 0 Å². The Kier molecular flexibility index (Phi) is 3.42. The van der Waals surface area contributed by atoms with Crippen LogP contribution in [0.1, 0.15) is 30.1 Å². The van der Waals surface area contributed by atoms with Crippen LogP contribution >= 0.6 is 15.9 Å². The van der Waals surface area contributed by atoms with Crippen molar-refractivity contribution in [3.63, 3.8) is 0 Å². The fourth-order valence-electron chi connectivity index (χ4n) is 1.93. The average Bonchev–Trinajstić information content (AvgIpc) is 2.70. The third kappa shape index (κ3) is 2.40. The summed E-state index contributed by atoms with van der Waals surface area (Å²) in [6.45, 7) is 1.79. The standard InChI is InChI=1S/C12H14BrFO/c1-8-6-9(2-4-11(8)14)12-5-3-10(7-13)15-12/h2,4,6,10,12H,3,5,7H2,1H3/t10-,12+/m1/s1. The molecule has 3 heteroatoms. The Labute approximate surface area is 97.8 Å². The monoisotopic (exact) mass is 272 g/mol. The van der Waals surface area contributed by atoms with Crippen LogP contribution in [0.4, 0.5) is 4.39 Å². The van der Waals surface area contributed by atoms with Crippen LogP contribution in [0.25, 0.3) is 0 Å². The van der Waals surface area contributed by atoms with E-state index in [1.54, 1.807) is 6.92 Å². The molecule has 0 aromatic heterocycles. The van der Waals surface area contributed by atoms with Crippen LogP contribution in [0.2, 0.25) is 0 Å². The van der Waals surface area contributed by atoms with Gasteiger partial charge in [-0.3, -0.25) is 0 Å². The van der Waals surface area contributed by atoms with E-state index in [4.69, 9.17) is 4.74 Å². The van der Waals surface area contributed by atoms with Gasteiger partial charge in [-0.25, -0.2) is 4.39 Å². The molecular weight excluding hydrogens is 259 g/mol. The van der Waals surface area contributed by atoms with Crippen molar-refractivity contribution in [2.75, 3.05) is 5.33 Å². The van der Waals surface area contributed by atoms with Gasteiger partial charge in [-0.2, -0.15) is 0 Å². The molecule has 2 atom stereocenters. The Hall–Kier alpha value is -0.410. The smallest absolute Gasteiger partial charge is 0.126 e. The minimum absolute atomic E-state index is 0.145. The van der Waals surface area contributed by atoms with Crippen molar-refractivity contribution >= 4 is 15.9 Å². The van der Waals surface area contributed by atoms with E-state index in [2.05, 4.69) is 15.9 Å². The van der Waals surface area contributed by atoms with Crippen LogP contribution in [0, 0.1) is 12.7 Å². The highest BCUT2D eigenvalue weighted by atomic mass is 79.9. The van der Waals surface area contributed by atoms with Gasteiger partial charge in [0, 0.05) is 5.33 Å². The lowest BCUT2D eigenvalue weighted by Gasteiger charge is -2.13. The Morgan fingerprint density at radius 3 is 2.87 bits per heavy atom. The van der Waals surface area contributed by atoms with Gasteiger partial charge < -0.3 is 4.74 Å². The molecule has 1 heterocycles. The van der Waals surface area contributed by atoms with E-state index >= 15 is 0 Å². The summed E-state index contributed by atoms with van der Waals surface area (Å²) in [5.41, 5.74) is 1.79. The second kappa shape index (κ2) is 4.62. The topological polar surface area (TPSA) is 9.23 Å². The zero-order valence-corrected chi connectivity index (χ0v) is 10.3. The minimum Gasteiger partial charge on any atom is -0.369 e. The molecule has 1 aliphatic rings. The molecule has 0 N–H and O–H groups in total. The molecule has 15 heavy (non-hydrogen) atoms. The lowest BCUT2D eigenvalue weighted by atomic mass is 10.0. The van der Waals surface area contributed by atoms with Crippen molar-refractivity contribution in [3.05, 3.63) is 35.1 Å². The van der Waals surface area contributed by atoms with Crippen LogP contribution in [0.3, 0.4) is 0 Å². The first kappa shape index (κ1) is 11.1. The second-order valence-corrected chi connectivity index (χ2v) is 4.63. The number of ether oxygens (including phenoxy) is 1. The summed E-state index contributed by atoms with van der Waals surface area (Å²) >= 11 is 3.42. The maximum Gasteiger partial charge on any atom is 0.126 e. The van der Waals surface area contributed by atoms with E-state index in [1.807, 2.05) is 12.1 Å². The summed E-state index contributed by atoms with van der Waals surface area (Å²) in [5, 5.41) is 0.879. The Balaban J connectivity index is 2.13. The molecule has 1 fully saturated rings. The first-order valence-corrected chi connectivity index (χ1v) is 6.30. The molecule has 0 aliphatic carbocycles. The maximum absolute atomic E-state index is 13.1. The molecule has 1 saturated heterocycles. The van der Waals surface area contributed by atoms with E-state index in [0.717, 1.165) is 23.7 Å². The van der Waals surface area contributed by atoms with Gasteiger partial charge in [-0.05, 0) is 37.0 Å². The van der Waals surface area contributed by atoms with Gasteiger partial charge in [0.1, 0.15) is 5.82 Å². The number of halogens is 2. The molecule has 1 nitrogen and oxygen atoms in total. The molecule has 0 bridgehead atoms. The van der Waals surface area contributed by atoms with Gasteiger partial charge >= 0.3 is 0 Å². The molecule has 0 radical (unpaired) electrons. The fraction of sp³-hybridized carbons (Fsp3) is 0.500. The van der Waals surface area contributed by atoms with E-state index in [-0.39, 0.29) is 11.9 Å². The largest absolute Gasteiger partial charge is 0.369 e. The molecular formula is C12H14BrFO. The zero-order valence-electron chi connectivity index (χ0n) is 8.67. The number of hydrogen-bond acceptors (Lipinski definition) is 1. The summed E-state index contributed by atoms with van der Waals surface area (Å²) < 4.78 is 18.9. The van der Waals surface area contributed by atoms with Crippen molar-refractivity contribution in [1.29, 1.82) is 0 Å². The lowest BCUT2D eigenvalue weighted by molar-refractivity contribution is 0.0588. The zero-order chi connectivity index (χ0) is 10.8. The summed E-state index contributed by atoms with van der Waals surface area (Å²) in [4.78, 5) is 0. The van der Waals surface area contributed by atoms with Gasteiger partial charge in [-0.15, -0.1) is 0 Å². The molecule has 0 unspecified atom stereocenters. The Morgan fingerprint density at radius 2 is 2.27 bits per heavy atom. The van der Waals surface area contributed by atoms with Crippen LogP contribution < -0.4 is 0 Å². The second-order valence-electron chi connectivity index (χ2n) is 3.99. The van der Waals surface area contributed by atoms with Crippen molar-refractivity contribution in [2.45, 2.75) is 32.0 Å². The maximum atomic E-state index is 13.1. The van der Waals surface area contributed by atoms with Gasteiger partial charge in [-0.1, -0.05) is 28.1 Å². The SMILES string of the molecule is Cc1cc([C@@H]2CC[C@H](CBr)O2)ccc1F. The highest BCUT2D eigenvalue weighted by Crippen LogP contribution is 2.33. The van der Waals surface area contributed by atoms with Crippen molar-refractivity contribution in [2.24, 2.45) is 0 Å². The Bertz CT molecular complexity index is 353. The van der Waals surface area contributed by atoms with E-state index in [1.165, 1.54) is 6.07 Å². The average molecular weight is 273 g/mol. The number of benzene rings is 1. The summed E-state index contributed by atoms with van der Waals surface area (Å²) in [5.74, 6) is -0.145. The predicted octanol–water partition coefficient (Wildman–Crippen LogP) is 3.75. The molecule has 0 amide bonds. The van der Waals surface area contributed by atoms with Gasteiger partial charge in [0.05, 0.1) is 12.2 Å². The van der Waals surface area contributed by atoms with Crippen LogP contribution in [-0.2, 0) is 4.74 Å². The third-order valence-electron chi connectivity index (χ3n) is 2.83. The van der Waals surface area contributed by atoms with Gasteiger partial charge in [0.15, 0.2) is 0 Å². The van der Waals surface area contributed by atoms with E-state index < -0.39 is 0 Å². The van der Waals surface area contributed by atoms with Crippen LogP contribution in [-0.4, -0.2) is 11.4 Å². The number of alkyl halides is 1. The summed E-state index contributed by atoms with van der Waals surface area (Å²) in [7, 11) is 0. The first-order valence-electron chi connectivity index (χ1n) is 5.18. The molecule has 1 aliphatic heterocycles. The number of aryl methyl sites for hydroxylation is 1. The molecule has 1 aromatic carbocycles. The van der Waals surface area contributed by atoms with Crippen molar-refractivity contribution in [1.82, 2.24) is 0 Å². The summed E-state index contributed by atoms with van der Waals surface area (Å²) in [6, 6.07) is 5.23. The molecule has 0 spiro atoms. The van der Waals surface area contributed by atoms with E-state index in [9.17, 15) is 4.39 Å². The quantitative estimate of drug-likeness (QED) is 0.746. The van der Waals surface area contributed by atoms with Crippen molar-refractivity contribution in [3.8, 4) is 0 Å². The van der Waals surface area contributed by atoms with Crippen molar-refractivity contribution < 1.29 is 9.13 Å². The fourth-order valence-corrected chi connectivity index (χ4v) is 2.41. The number of hydrogen-bond donors (Lipinski definition) is 0. The van der Waals surface area contributed by atoms with Gasteiger partial charge in [0.25, 0.3) is 0 Å².